The van der Waals surface area contributed by atoms with Crippen molar-refractivity contribution in [3.8, 4) is 0 Å². The van der Waals surface area contributed by atoms with E-state index in [1.807, 2.05) is 15.6 Å². The molecule has 1 aliphatic heterocycles. The first-order valence-electron chi connectivity index (χ1n) is 6.20. The van der Waals surface area contributed by atoms with E-state index < -0.39 is 5.97 Å². The second-order valence-electron chi connectivity index (χ2n) is 4.51. The third kappa shape index (κ3) is 2.66. The number of hydrogen-bond acceptors (Lipinski definition) is 3. The lowest BCUT2D eigenvalue weighted by Gasteiger charge is -2.21. The summed E-state index contributed by atoms with van der Waals surface area (Å²) in [6.45, 7) is 4.57. The fourth-order valence-electron chi connectivity index (χ4n) is 2.41. The van der Waals surface area contributed by atoms with Crippen LogP contribution in [0.4, 0.5) is 0 Å². The van der Waals surface area contributed by atoms with Gasteiger partial charge in [-0.25, -0.2) is 0 Å². The summed E-state index contributed by atoms with van der Waals surface area (Å²) >= 11 is 0. The van der Waals surface area contributed by atoms with E-state index in [0.29, 0.717) is 6.54 Å². The molecule has 1 N–H and O–H groups in total. The number of rotatable bonds is 5. The SMILES string of the molecule is CCCn1nccc1CN1CCCC1C(=O)O. The van der Waals surface area contributed by atoms with Crippen molar-refractivity contribution in [2.45, 2.75) is 45.3 Å². The monoisotopic (exact) mass is 237 g/mol. The van der Waals surface area contributed by atoms with Crippen molar-refractivity contribution in [3.05, 3.63) is 18.0 Å². The molecule has 1 atom stereocenters. The fourth-order valence-corrected chi connectivity index (χ4v) is 2.41. The van der Waals surface area contributed by atoms with E-state index in [4.69, 9.17) is 5.11 Å². The van der Waals surface area contributed by atoms with Crippen molar-refractivity contribution in [3.63, 3.8) is 0 Å². The highest BCUT2D eigenvalue weighted by molar-refractivity contribution is 5.73. The van der Waals surface area contributed by atoms with Crippen molar-refractivity contribution >= 4 is 5.97 Å². The molecule has 0 saturated carbocycles. The van der Waals surface area contributed by atoms with E-state index in [0.717, 1.165) is 38.0 Å². The van der Waals surface area contributed by atoms with Gasteiger partial charge in [0.25, 0.3) is 0 Å². The Morgan fingerprint density at radius 3 is 3.18 bits per heavy atom. The van der Waals surface area contributed by atoms with E-state index in [2.05, 4.69) is 12.0 Å². The van der Waals surface area contributed by atoms with Gasteiger partial charge in [-0.15, -0.1) is 0 Å². The van der Waals surface area contributed by atoms with Crippen molar-refractivity contribution in [1.29, 1.82) is 0 Å². The quantitative estimate of drug-likeness (QED) is 0.839. The maximum absolute atomic E-state index is 11.1. The molecule has 0 amide bonds. The fraction of sp³-hybridized carbons (Fsp3) is 0.667. The second kappa shape index (κ2) is 5.31. The summed E-state index contributed by atoms with van der Waals surface area (Å²) in [4.78, 5) is 13.1. The summed E-state index contributed by atoms with van der Waals surface area (Å²) in [5.74, 6) is -0.705. The number of nitrogens with zero attached hydrogens (tertiary/aromatic N) is 3. The molecule has 2 rings (SSSR count). The average molecular weight is 237 g/mol. The van der Waals surface area contributed by atoms with E-state index in [1.54, 1.807) is 6.20 Å². The van der Waals surface area contributed by atoms with Crippen LogP contribution in [0.5, 0.6) is 0 Å². The highest BCUT2D eigenvalue weighted by Gasteiger charge is 2.30. The Balaban J connectivity index is 2.04. The summed E-state index contributed by atoms with van der Waals surface area (Å²) in [5.41, 5.74) is 1.11. The zero-order valence-corrected chi connectivity index (χ0v) is 10.2. The lowest BCUT2D eigenvalue weighted by Crippen LogP contribution is -2.35. The Hall–Kier alpha value is -1.36. The van der Waals surface area contributed by atoms with Crippen LogP contribution < -0.4 is 0 Å². The molecule has 17 heavy (non-hydrogen) atoms. The number of carbonyl (C=O) groups is 1. The van der Waals surface area contributed by atoms with Gasteiger partial charge < -0.3 is 5.11 Å². The molecular formula is C12H19N3O2. The Kier molecular flexibility index (Phi) is 3.78. The summed E-state index contributed by atoms with van der Waals surface area (Å²) in [6.07, 6.45) is 4.56. The summed E-state index contributed by atoms with van der Waals surface area (Å²) in [6, 6.07) is 1.66. The number of aliphatic carboxylic acids is 1. The minimum atomic E-state index is -0.705. The number of likely N-dealkylation sites (tertiary alicyclic amines) is 1. The van der Waals surface area contributed by atoms with Crippen molar-refractivity contribution in [2.24, 2.45) is 0 Å². The average Bonchev–Trinajstić information content (AvgIpc) is 2.89. The number of aryl methyl sites for hydroxylation is 1. The van der Waals surface area contributed by atoms with Gasteiger partial charge in [-0.3, -0.25) is 14.4 Å². The first-order valence-corrected chi connectivity index (χ1v) is 6.20. The molecule has 0 aromatic carbocycles. The van der Waals surface area contributed by atoms with Crippen molar-refractivity contribution in [2.75, 3.05) is 6.54 Å². The predicted molar refractivity (Wildman–Crippen MR) is 63.6 cm³/mol. The van der Waals surface area contributed by atoms with Crippen LogP contribution in [0, 0.1) is 0 Å². The zero-order chi connectivity index (χ0) is 12.3. The van der Waals surface area contributed by atoms with Crippen LogP contribution in [0.3, 0.4) is 0 Å². The lowest BCUT2D eigenvalue weighted by atomic mass is 10.2. The molecule has 0 bridgehead atoms. The Morgan fingerprint density at radius 2 is 2.47 bits per heavy atom. The van der Waals surface area contributed by atoms with Gasteiger partial charge >= 0.3 is 5.97 Å². The number of hydrogen-bond donors (Lipinski definition) is 1. The van der Waals surface area contributed by atoms with Crippen LogP contribution in [-0.2, 0) is 17.9 Å². The van der Waals surface area contributed by atoms with Crippen LogP contribution in [0.2, 0.25) is 0 Å². The van der Waals surface area contributed by atoms with E-state index in [9.17, 15) is 4.79 Å². The van der Waals surface area contributed by atoms with Gasteiger partial charge in [-0.2, -0.15) is 5.10 Å². The smallest absolute Gasteiger partial charge is 0.320 e. The molecule has 1 unspecified atom stereocenters. The summed E-state index contributed by atoms with van der Waals surface area (Å²) < 4.78 is 1.97. The molecule has 5 heteroatoms. The minimum Gasteiger partial charge on any atom is -0.480 e. The first kappa shape index (κ1) is 12.1. The second-order valence-corrected chi connectivity index (χ2v) is 4.51. The molecule has 5 nitrogen and oxygen atoms in total. The van der Waals surface area contributed by atoms with Gasteiger partial charge in [-0.1, -0.05) is 6.92 Å². The summed E-state index contributed by atoms with van der Waals surface area (Å²) in [7, 11) is 0. The van der Waals surface area contributed by atoms with Crippen molar-refractivity contribution in [1.82, 2.24) is 14.7 Å². The van der Waals surface area contributed by atoms with Crippen LogP contribution in [0.1, 0.15) is 31.9 Å². The van der Waals surface area contributed by atoms with Crippen molar-refractivity contribution < 1.29 is 9.90 Å². The number of carboxylic acid groups (broad SMARTS) is 1. The third-order valence-electron chi connectivity index (χ3n) is 3.25. The molecule has 1 aromatic heterocycles. The van der Waals surface area contributed by atoms with Crippen LogP contribution in [0.15, 0.2) is 12.3 Å². The lowest BCUT2D eigenvalue weighted by molar-refractivity contribution is -0.142. The van der Waals surface area contributed by atoms with E-state index in [-0.39, 0.29) is 6.04 Å². The Labute approximate surface area is 101 Å². The Morgan fingerprint density at radius 1 is 1.65 bits per heavy atom. The van der Waals surface area contributed by atoms with Crippen LogP contribution in [-0.4, -0.2) is 38.3 Å². The molecule has 0 spiro atoms. The van der Waals surface area contributed by atoms with Gasteiger partial charge in [0, 0.05) is 19.3 Å². The summed E-state index contributed by atoms with van der Waals surface area (Å²) in [5, 5.41) is 13.4. The largest absolute Gasteiger partial charge is 0.480 e. The van der Waals surface area contributed by atoms with E-state index in [1.165, 1.54) is 0 Å². The van der Waals surface area contributed by atoms with Crippen LogP contribution in [0.25, 0.3) is 0 Å². The molecule has 1 aliphatic rings. The van der Waals surface area contributed by atoms with Gasteiger partial charge in [0.05, 0.1) is 5.69 Å². The predicted octanol–water partition coefficient (Wildman–Crippen LogP) is 1.34. The zero-order valence-electron chi connectivity index (χ0n) is 10.2. The molecule has 0 radical (unpaired) electrons. The first-order chi connectivity index (χ1) is 8.22. The molecule has 1 fully saturated rings. The highest BCUT2D eigenvalue weighted by atomic mass is 16.4. The molecule has 1 aromatic rings. The van der Waals surface area contributed by atoms with Gasteiger partial charge in [0.1, 0.15) is 6.04 Å². The molecule has 94 valence electrons. The topological polar surface area (TPSA) is 58.4 Å². The normalized spacial score (nSPS) is 20.9. The number of carboxylic acids is 1. The molecule has 2 heterocycles. The van der Waals surface area contributed by atoms with Gasteiger partial charge in [0.15, 0.2) is 0 Å². The highest BCUT2D eigenvalue weighted by Crippen LogP contribution is 2.20. The minimum absolute atomic E-state index is 0.319. The number of aromatic nitrogens is 2. The molecule has 0 aliphatic carbocycles. The molecule has 1 saturated heterocycles. The van der Waals surface area contributed by atoms with Gasteiger partial charge in [0.2, 0.25) is 0 Å². The Bertz CT molecular complexity index is 389. The van der Waals surface area contributed by atoms with Crippen LogP contribution >= 0.6 is 0 Å². The maximum Gasteiger partial charge on any atom is 0.320 e. The molecular weight excluding hydrogens is 218 g/mol. The van der Waals surface area contributed by atoms with Gasteiger partial charge in [-0.05, 0) is 31.9 Å². The third-order valence-corrected chi connectivity index (χ3v) is 3.25. The van der Waals surface area contributed by atoms with E-state index >= 15 is 0 Å². The maximum atomic E-state index is 11.1. The standard InChI is InChI=1S/C12H19N3O2/c1-2-7-15-10(5-6-13-15)9-14-8-3-4-11(14)12(16)17/h5-6,11H,2-4,7-9H2,1H3,(H,16,17).